The molecule has 19 heavy (non-hydrogen) atoms. The van der Waals surface area contributed by atoms with Gasteiger partial charge in [-0.1, -0.05) is 30.3 Å². The van der Waals surface area contributed by atoms with Crippen molar-refractivity contribution in [2.24, 2.45) is 0 Å². The summed E-state index contributed by atoms with van der Waals surface area (Å²) in [6.45, 7) is 0.694. The predicted molar refractivity (Wildman–Crippen MR) is 76.0 cm³/mol. The van der Waals surface area contributed by atoms with Gasteiger partial charge in [0.05, 0.1) is 17.8 Å². The van der Waals surface area contributed by atoms with Gasteiger partial charge in [0.2, 0.25) is 0 Å². The first-order chi connectivity index (χ1) is 9.16. The largest absolute Gasteiger partial charge is 0.404 e. The fraction of sp³-hybridized carbons (Fsp3) is 0.308. The van der Waals surface area contributed by atoms with Crippen molar-refractivity contribution in [1.82, 2.24) is 9.78 Å². The molecule has 0 aliphatic carbocycles. The minimum atomic E-state index is -0.482. The molecule has 0 spiro atoms. The van der Waals surface area contributed by atoms with Crippen LogP contribution in [-0.2, 0) is 13.0 Å². The highest BCUT2D eigenvalue weighted by molar-refractivity contribution is 9.10. The number of unbranched alkanes of at least 4 members (excludes halogenated alkanes) is 1. The van der Waals surface area contributed by atoms with Gasteiger partial charge in [-0.2, -0.15) is 4.68 Å². The lowest BCUT2D eigenvalue weighted by molar-refractivity contribution is -0.390. The first-order valence-electron chi connectivity index (χ1n) is 6.08. The number of hydrogen-bond acceptors (Lipinski definition) is 3. The van der Waals surface area contributed by atoms with Gasteiger partial charge in [-0.3, -0.25) is 0 Å². The van der Waals surface area contributed by atoms with Gasteiger partial charge in [0.15, 0.2) is 0 Å². The molecule has 2 aromatic rings. The molecule has 0 fully saturated rings. The van der Waals surface area contributed by atoms with Crippen LogP contribution in [0, 0.1) is 10.1 Å². The molecule has 1 aromatic carbocycles. The summed E-state index contributed by atoms with van der Waals surface area (Å²) in [5.74, 6) is -0.122. The van der Waals surface area contributed by atoms with E-state index in [9.17, 15) is 10.1 Å². The summed E-state index contributed by atoms with van der Waals surface area (Å²) < 4.78 is 2.05. The molecule has 100 valence electrons. The van der Waals surface area contributed by atoms with Crippen molar-refractivity contribution >= 4 is 21.7 Å². The molecule has 0 unspecified atom stereocenters. The minimum Gasteiger partial charge on any atom is -0.358 e. The number of aromatic nitrogens is 2. The van der Waals surface area contributed by atoms with E-state index in [1.54, 1.807) is 10.9 Å². The van der Waals surface area contributed by atoms with Crippen LogP contribution in [0.15, 0.2) is 41.0 Å². The number of nitrogens with zero attached hydrogens (tertiary/aromatic N) is 3. The molecule has 0 saturated carbocycles. The van der Waals surface area contributed by atoms with E-state index in [1.165, 1.54) is 5.56 Å². The standard InChI is InChI=1S/C13H14BrN3O2/c14-12-10-16(15-13(12)17(18)19)9-5-4-8-11-6-2-1-3-7-11/h1-3,6-7,10H,4-5,8-9H2. The zero-order valence-corrected chi connectivity index (χ0v) is 11.9. The van der Waals surface area contributed by atoms with E-state index < -0.39 is 4.92 Å². The van der Waals surface area contributed by atoms with E-state index >= 15 is 0 Å². The summed E-state index contributed by atoms with van der Waals surface area (Å²) in [5, 5.41) is 14.6. The Bertz CT molecular complexity index is 554. The number of benzene rings is 1. The molecule has 1 aromatic heterocycles. The smallest absolute Gasteiger partial charge is 0.358 e. The minimum absolute atomic E-state index is 0.122. The lowest BCUT2D eigenvalue weighted by atomic mass is 10.1. The predicted octanol–water partition coefficient (Wildman–Crippen LogP) is 3.58. The number of aryl methyl sites for hydroxylation is 2. The average molecular weight is 324 g/mol. The van der Waals surface area contributed by atoms with Gasteiger partial charge in [0, 0.05) is 0 Å². The van der Waals surface area contributed by atoms with Gasteiger partial charge in [-0.25, -0.2) is 0 Å². The van der Waals surface area contributed by atoms with E-state index in [2.05, 4.69) is 33.2 Å². The van der Waals surface area contributed by atoms with Crippen LogP contribution in [0.1, 0.15) is 18.4 Å². The maximum Gasteiger partial charge on any atom is 0.404 e. The molecule has 0 aliphatic rings. The first-order valence-corrected chi connectivity index (χ1v) is 6.87. The fourth-order valence-corrected chi connectivity index (χ4v) is 2.33. The van der Waals surface area contributed by atoms with E-state index in [1.807, 2.05) is 18.2 Å². The third-order valence-electron chi connectivity index (χ3n) is 2.82. The van der Waals surface area contributed by atoms with Crippen LogP contribution in [0.5, 0.6) is 0 Å². The van der Waals surface area contributed by atoms with Crippen LogP contribution in [0.25, 0.3) is 0 Å². The summed E-state index contributed by atoms with van der Waals surface area (Å²) >= 11 is 3.14. The Hall–Kier alpha value is -1.69. The van der Waals surface area contributed by atoms with Crippen molar-refractivity contribution in [1.29, 1.82) is 0 Å². The van der Waals surface area contributed by atoms with Gasteiger partial charge in [-0.05, 0) is 45.7 Å². The Morgan fingerprint density at radius 2 is 2.00 bits per heavy atom. The van der Waals surface area contributed by atoms with Crippen LogP contribution in [0.4, 0.5) is 5.82 Å². The maximum atomic E-state index is 10.6. The molecule has 0 bridgehead atoms. The van der Waals surface area contributed by atoms with Gasteiger partial charge in [-0.15, -0.1) is 0 Å². The average Bonchev–Trinajstić information content (AvgIpc) is 2.77. The highest BCUT2D eigenvalue weighted by Gasteiger charge is 2.17. The summed E-state index contributed by atoms with van der Waals surface area (Å²) in [6.07, 6.45) is 4.65. The molecule has 0 amide bonds. The molecular formula is C13H14BrN3O2. The van der Waals surface area contributed by atoms with Crippen LogP contribution < -0.4 is 0 Å². The number of rotatable bonds is 6. The molecule has 1 heterocycles. The second-order valence-corrected chi connectivity index (χ2v) is 5.12. The molecule has 0 N–H and O–H groups in total. The summed E-state index contributed by atoms with van der Waals surface area (Å²) in [5.41, 5.74) is 1.31. The van der Waals surface area contributed by atoms with Gasteiger partial charge < -0.3 is 10.1 Å². The van der Waals surface area contributed by atoms with E-state index in [0.29, 0.717) is 11.0 Å². The second kappa shape index (κ2) is 6.47. The van der Waals surface area contributed by atoms with Crippen molar-refractivity contribution < 1.29 is 4.92 Å². The van der Waals surface area contributed by atoms with Gasteiger partial charge in [0.25, 0.3) is 0 Å². The number of halogens is 1. The van der Waals surface area contributed by atoms with E-state index in [4.69, 9.17) is 0 Å². The van der Waals surface area contributed by atoms with Gasteiger partial charge >= 0.3 is 5.82 Å². The second-order valence-electron chi connectivity index (χ2n) is 4.26. The first kappa shape index (κ1) is 13.7. The topological polar surface area (TPSA) is 61.0 Å². The third-order valence-corrected chi connectivity index (χ3v) is 3.38. The van der Waals surface area contributed by atoms with E-state index in [0.717, 1.165) is 19.3 Å². The van der Waals surface area contributed by atoms with Gasteiger partial charge in [0.1, 0.15) is 4.47 Å². The molecule has 0 saturated heterocycles. The SMILES string of the molecule is O=[N+]([O-])c1nn(CCCCc2ccccc2)cc1Br. The van der Waals surface area contributed by atoms with Crippen molar-refractivity contribution in [2.75, 3.05) is 0 Å². The Morgan fingerprint density at radius 1 is 1.26 bits per heavy atom. The Morgan fingerprint density at radius 3 is 2.63 bits per heavy atom. The number of hydrogen-bond donors (Lipinski definition) is 0. The molecule has 0 atom stereocenters. The molecular weight excluding hydrogens is 310 g/mol. The third kappa shape index (κ3) is 3.89. The Labute approximate surface area is 119 Å². The quantitative estimate of drug-likeness (QED) is 0.463. The summed E-state index contributed by atoms with van der Waals surface area (Å²) in [6, 6.07) is 10.3. The fourth-order valence-electron chi connectivity index (χ4n) is 1.87. The maximum absolute atomic E-state index is 10.6. The molecule has 6 heteroatoms. The zero-order chi connectivity index (χ0) is 13.7. The number of nitro groups is 1. The summed E-state index contributed by atoms with van der Waals surface area (Å²) in [7, 11) is 0. The highest BCUT2D eigenvalue weighted by atomic mass is 79.9. The molecule has 0 radical (unpaired) electrons. The van der Waals surface area contributed by atoms with Crippen molar-refractivity contribution in [3.63, 3.8) is 0 Å². The van der Waals surface area contributed by atoms with Crippen LogP contribution in [0.3, 0.4) is 0 Å². The normalized spacial score (nSPS) is 10.6. The van der Waals surface area contributed by atoms with Crippen LogP contribution >= 0.6 is 15.9 Å². The molecule has 0 aliphatic heterocycles. The van der Waals surface area contributed by atoms with E-state index in [-0.39, 0.29) is 5.82 Å². The van der Waals surface area contributed by atoms with Crippen LogP contribution in [0.2, 0.25) is 0 Å². The Kier molecular flexibility index (Phi) is 4.68. The molecule has 5 nitrogen and oxygen atoms in total. The zero-order valence-electron chi connectivity index (χ0n) is 10.3. The van der Waals surface area contributed by atoms with Crippen molar-refractivity contribution in [3.8, 4) is 0 Å². The van der Waals surface area contributed by atoms with Crippen molar-refractivity contribution in [2.45, 2.75) is 25.8 Å². The van der Waals surface area contributed by atoms with Crippen LogP contribution in [-0.4, -0.2) is 14.7 Å². The monoisotopic (exact) mass is 323 g/mol. The lowest BCUT2D eigenvalue weighted by Crippen LogP contribution is -2.00. The Balaban J connectivity index is 1.80. The lowest BCUT2D eigenvalue weighted by Gasteiger charge is -2.00. The highest BCUT2D eigenvalue weighted by Crippen LogP contribution is 2.22. The summed E-state index contributed by atoms with van der Waals surface area (Å²) in [4.78, 5) is 10.2. The molecule has 2 rings (SSSR count). The van der Waals surface area contributed by atoms with Crippen molar-refractivity contribution in [3.05, 3.63) is 56.7 Å².